The molecule has 0 saturated carbocycles. The van der Waals surface area contributed by atoms with Gasteiger partial charge in [-0.25, -0.2) is 13.4 Å². The predicted molar refractivity (Wildman–Crippen MR) is 85.9 cm³/mol. The van der Waals surface area contributed by atoms with E-state index in [1.807, 2.05) is 6.92 Å². The van der Waals surface area contributed by atoms with Crippen molar-refractivity contribution in [2.45, 2.75) is 25.8 Å². The third-order valence-corrected chi connectivity index (χ3v) is 6.36. The molecule has 3 heterocycles. The molecule has 2 aliphatic rings. The summed E-state index contributed by atoms with van der Waals surface area (Å²) in [6.45, 7) is 4.71. The van der Waals surface area contributed by atoms with Crippen molar-refractivity contribution in [2.24, 2.45) is 0 Å². The number of hydrogen-bond acceptors (Lipinski definition) is 6. The quantitative estimate of drug-likeness (QED) is 0.762. The molecule has 0 bridgehead atoms. The van der Waals surface area contributed by atoms with Crippen LogP contribution in [0, 0.1) is 6.92 Å². The van der Waals surface area contributed by atoms with Gasteiger partial charge in [-0.1, -0.05) is 0 Å². The highest BCUT2D eigenvalue weighted by Gasteiger charge is 2.31. The molecule has 1 aromatic rings. The number of aromatic nitrogens is 2. The first-order valence-corrected chi connectivity index (χ1v) is 9.79. The number of amides is 1. The average Bonchev–Trinajstić information content (AvgIpc) is 2.55. The van der Waals surface area contributed by atoms with Gasteiger partial charge in [0.25, 0.3) is 5.91 Å². The molecule has 2 saturated heterocycles. The minimum Gasteiger partial charge on any atom is -0.335 e. The Bertz CT molecular complexity index is 652. The molecule has 2 aliphatic heterocycles. The van der Waals surface area contributed by atoms with Crippen LogP contribution in [0.25, 0.3) is 0 Å². The van der Waals surface area contributed by atoms with Gasteiger partial charge in [0, 0.05) is 38.4 Å². The first-order valence-electron chi connectivity index (χ1n) is 7.97. The van der Waals surface area contributed by atoms with Crippen molar-refractivity contribution in [3.63, 3.8) is 0 Å². The van der Waals surface area contributed by atoms with Crippen LogP contribution in [0.4, 0.5) is 0 Å². The molecular weight excluding hydrogens is 316 g/mol. The Morgan fingerprint density at radius 3 is 2.30 bits per heavy atom. The van der Waals surface area contributed by atoms with Gasteiger partial charge in [-0.05, 0) is 19.8 Å². The number of sulfone groups is 1. The molecule has 0 radical (unpaired) electrons. The molecule has 126 valence electrons. The van der Waals surface area contributed by atoms with E-state index in [0.717, 1.165) is 18.8 Å². The number of aryl methyl sites for hydroxylation is 1. The highest BCUT2D eigenvalue weighted by atomic mass is 32.2. The molecule has 0 aliphatic carbocycles. The maximum Gasteiger partial charge on any atom is 0.274 e. The van der Waals surface area contributed by atoms with E-state index < -0.39 is 9.84 Å². The molecule has 0 unspecified atom stereocenters. The van der Waals surface area contributed by atoms with Crippen LogP contribution < -0.4 is 0 Å². The zero-order chi connectivity index (χ0) is 16.4. The molecule has 1 aromatic heterocycles. The second kappa shape index (κ2) is 6.52. The predicted octanol–water partition coefficient (Wildman–Crippen LogP) is 0.120. The van der Waals surface area contributed by atoms with Gasteiger partial charge in [0.05, 0.1) is 23.4 Å². The molecule has 0 spiro atoms. The van der Waals surface area contributed by atoms with E-state index in [9.17, 15) is 13.2 Å². The largest absolute Gasteiger partial charge is 0.335 e. The topological polar surface area (TPSA) is 83.5 Å². The van der Waals surface area contributed by atoms with Gasteiger partial charge in [0.15, 0.2) is 0 Å². The number of carbonyl (C=O) groups is 1. The Morgan fingerprint density at radius 1 is 1.09 bits per heavy atom. The van der Waals surface area contributed by atoms with Gasteiger partial charge in [-0.15, -0.1) is 0 Å². The number of piperazine rings is 1. The van der Waals surface area contributed by atoms with Crippen molar-refractivity contribution in [2.75, 3.05) is 37.7 Å². The van der Waals surface area contributed by atoms with E-state index >= 15 is 0 Å². The van der Waals surface area contributed by atoms with Crippen LogP contribution in [-0.4, -0.2) is 77.8 Å². The summed E-state index contributed by atoms with van der Waals surface area (Å²) < 4.78 is 23.0. The number of hydrogen-bond donors (Lipinski definition) is 0. The molecule has 7 nitrogen and oxygen atoms in total. The van der Waals surface area contributed by atoms with Crippen LogP contribution in [0.5, 0.6) is 0 Å². The Hall–Kier alpha value is -1.54. The van der Waals surface area contributed by atoms with Gasteiger partial charge in [0.1, 0.15) is 15.5 Å². The molecule has 23 heavy (non-hydrogen) atoms. The zero-order valence-corrected chi connectivity index (χ0v) is 14.1. The fourth-order valence-corrected chi connectivity index (χ4v) is 4.66. The maximum absolute atomic E-state index is 12.4. The lowest BCUT2D eigenvalue weighted by Gasteiger charge is -2.40. The average molecular weight is 338 g/mol. The van der Waals surface area contributed by atoms with E-state index in [1.165, 1.54) is 6.20 Å². The summed E-state index contributed by atoms with van der Waals surface area (Å²) in [5, 5.41) is 0. The van der Waals surface area contributed by atoms with Crippen molar-refractivity contribution < 1.29 is 13.2 Å². The summed E-state index contributed by atoms with van der Waals surface area (Å²) in [7, 11) is -2.82. The minimum absolute atomic E-state index is 0.0802. The van der Waals surface area contributed by atoms with E-state index in [2.05, 4.69) is 14.9 Å². The first kappa shape index (κ1) is 16.3. The minimum atomic E-state index is -2.82. The molecule has 1 amide bonds. The monoisotopic (exact) mass is 338 g/mol. The Balaban J connectivity index is 1.54. The van der Waals surface area contributed by atoms with Gasteiger partial charge in [0.2, 0.25) is 0 Å². The maximum atomic E-state index is 12.4. The van der Waals surface area contributed by atoms with Gasteiger partial charge in [-0.3, -0.25) is 14.7 Å². The van der Waals surface area contributed by atoms with Crippen LogP contribution >= 0.6 is 0 Å². The summed E-state index contributed by atoms with van der Waals surface area (Å²) >= 11 is 0. The third kappa shape index (κ3) is 3.87. The number of rotatable bonds is 2. The van der Waals surface area contributed by atoms with Gasteiger partial charge in [-0.2, -0.15) is 0 Å². The standard InChI is InChI=1S/C15H22N4O3S/c1-12-10-17-14(11-16-12)15(20)19-6-4-18(5-7-19)13-2-8-23(21,22)9-3-13/h10-11,13H,2-9H2,1H3. The number of carbonyl (C=O) groups excluding carboxylic acids is 1. The fourth-order valence-electron chi connectivity index (χ4n) is 3.20. The van der Waals surface area contributed by atoms with E-state index in [1.54, 1.807) is 11.1 Å². The molecule has 0 aromatic carbocycles. The zero-order valence-electron chi connectivity index (χ0n) is 13.3. The van der Waals surface area contributed by atoms with Crippen LogP contribution in [0.15, 0.2) is 12.4 Å². The summed E-state index contributed by atoms with van der Waals surface area (Å²) in [5.41, 5.74) is 1.17. The Kier molecular flexibility index (Phi) is 4.63. The van der Waals surface area contributed by atoms with Crippen LogP contribution in [0.3, 0.4) is 0 Å². The lowest BCUT2D eigenvalue weighted by molar-refractivity contribution is 0.0552. The van der Waals surface area contributed by atoms with Crippen molar-refractivity contribution in [1.29, 1.82) is 0 Å². The Labute approximate surface area is 136 Å². The molecule has 3 rings (SSSR count). The highest BCUT2D eigenvalue weighted by Crippen LogP contribution is 2.20. The fraction of sp³-hybridized carbons (Fsp3) is 0.667. The molecular formula is C15H22N4O3S. The van der Waals surface area contributed by atoms with Crippen molar-refractivity contribution in [3.8, 4) is 0 Å². The van der Waals surface area contributed by atoms with Crippen LogP contribution in [-0.2, 0) is 9.84 Å². The van der Waals surface area contributed by atoms with Crippen molar-refractivity contribution >= 4 is 15.7 Å². The molecule has 0 atom stereocenters. The summed E-state index contributed by atoms with van der Waals surface area (Å²) in [6.07, 6.45) is 4.54. The second-order valence-electron chi connectivity index (χ2n) is 6.25. The van der Waals surface area contributed by atoms with Crippen LogP contribution in [0.2, 0.25) is 0 Å². The number of nitrogens with zero attached hydrogens (tertiary/aromatic N) is 4. The lowest BCUT2D eigenvalue weighted by Crippen LogP contribution is -2.53. The summed E-state index contributed by atoms with van der Waals surface area (Å²) in [6, 6.07) is 0.329. The van der Waals surface area contributed by atoms with Crippen LogP contribution in [0.1, 0.15) is 29.0 Å². The summed E-state index contributed by atoms with van der Waals surface area (Å²) in [5.74, 6) is 0.495. The second-order valence-corrected chi connectivity index (χ2v) is 8.56. The Morgan fingerprint density at radius 2 is 1.74 bits per heavy atom. The van der Waals surface area contributed by atoms with Gasteiger partial charge < -0.3 is 4.90 Å². The highest BCUT2D eigenvalue weighted by molar-refractivity contribution is 7.91. The first-order chi connectivity index (χ1) is 10.9. The lowest BCUT2D eigenvalue weighted by atomic mass is 10.1. The van der Waals surface area contributed by atoms with Gasteiger partial charge >= 0.3 is 0 Å². The summed E-state index contributed by atoms with van der Waals surface area (Å²) in [4.78, 5) is 24.8. The molecule has 8 heteroatoms. The normalized spacial score (nSPS) is 22.9. The third-order valence-electron chi connectivity index (χ3n) is 4.64. The SMILES string of the molecule is Cc1cnc(C(=O)N2CCN(C3CCS(=O)(=O)CC3)CC2)cn1. The van der Waals surface area contributed by atoms with Crippen molar-refractivity contribution in [1.82, 2.24) is 19.8 Å². The van der Waals surface area contributed by atoms with E-state index in [4.69, 9.17) is 0 Å². The smallest absolute Gasteiger partial charge is 0.274 e. The van der Waals surface area contributed by atoms with E-state index in [-0.39, 0.29) is 17.4 Å². The molecule has 2 fully saturated rings. The molecule has 0 N–H and O–H groups in total. The van der Waals surface area contributed by atoms with Crippen molar-refractivity contribution in [3.05, 3.63) is 23.8 Å². The van der Waals surface area contributed by atoms with E-state index in [0.29, 0.717) is 37.7 Å².